The lowest BCUT2D eigenvalue weighted by Gasteiger charge is -2.29. The molecule has 1 aromatic heterocycles. The van der Waals surface area contributed by atoms with Gasteiger partial charge < -0.3 is 10.4 Å². The first-order chi connectivity index (χ1) is 8.75. The van der Waals surface area contributed by atoms with Crippen molar-refractivity contribution >= 4 is 40.0 Å². The van der Waals surface area contributed by atoms with Crippen molar-refractivity contribution in [1.82, 2.24) is 8.75 Å². The standard InChI is InChI=1S/C12H14ClN3OS/c13-7-5-6-9-12(16-18-15-9)11(7)14-8-3-1-2-4-10(8)17/h5-6,8,10,14,17H,1-4H2/t8-,10-/m0/s1. The molecule has 96 valence electrons. The molecule has 1 aliphatic rings. The summed E-state index contributed by atoms with van der Waals surface area (Å²) in [4.78, 5) is 0. The van der Waals surface area contributed by atoms with Gasteiger partial charge in [0.05, 0.1) is 34.6 Å². The molecule has 3 rings (SSSR count). The lowest BCUT2D eigenvalue weighted by atomic mass is 9.92. The fourth-order valence-electron chi connectivity index (χ4n) is 2.43. The first kappa shape index (κ1) is 12.1. The van der Waals surface area contributed by atoms with Gasteiger partial charge in [0.2, 0.25) is 0 Å². The van der Waals surface area contributed by atoms with E-state index in [4.69, 9.17) is 11.6 Å². The molecule has 1 aliphatic carbocycles. The van der Waals surface area contributed by atoms with Crippen LogP contribution in [0.4, 0.5) is 5.69 Å². The van der Waals surface area contributed by atoms with E-state index in [0.717, 1.165) is 42.4 Å². The normalized spacial score (nSPS) is 24.3. The van der Waals surface area contributed by atoms with Crippen LogP contribution in [0.25, 0.3) is 11.0 Å². The molecule has 4 nitrogen and oxygen atoms in total. The molecule has 2 aromatic rings. The minimum atomic E-state index is -0.309. The van der Waals surface area contributed by atoms with E-state index in [2.05, 4.69) is 14.1 Å². The van der Waals surface area contributed by atoms with Gasteiger partial charge in [-0.15, -0.1) is 0 Å². The molecule has 1 aromatic carbocycles. The number of nitrogens with one attached hydrogen (secondary N) is 1. The van der Waals surface area contributed by atoms with Gasteiger partial charge in [0.1, 0.15) is 11.0 Å². The Labute approximate surface area is 114 Å². The van der Waals surface area contributed by atoms with Crippen LogP contribution in [0.1, 0.15) is 25.7 Å². The second-order valence-electron chi connectivity index (χ2n) is 4.66. The molecule has 2 atom stereocenters. The highest BCUT2D eigenvalue weighted by Gasteiger charge is 2.24. The van der Waals surface area contributed by atoms with Crippen LogP contribution < -0.4 is 5.32 Å². The molecular weight excluding hydrogens is 270 g/mol. The maximum Gasteiger partial charge on any atom is 0.129 e. The number of aromatic nitrogens is 2. The van der Waals surface area contributed by atoms with Crippen molar-refractivity contribution < 1.29 is 5.11 Å². The Bertz CT molecular complexity index is 559. The van der Waals surface area contributed by atoms with Crippen molar-refractivity contribution in [1.29, 1.82) is 0 Å². The molecule has 1 heterocycles. The Kier molecular flexibility index (Phi) is 3.37. The van der Waals surface area contributed by atoms with Gasteiger partial charge in [-0.1, -0.05) is 24.4 Å². The molecule has 0 spiro atoms. The Morgan fingerprint density at radius 1 is 1.28 bits per heavy atom. The number of hydrogen-bond donors (Lipinski definition) is 2. The number of nitrogens with zero attached hydrogens (tertiary/aromatic N) is 2. The molecule has 2 N–H and O–H groups in total. The average Bonchev–Trinajstić information content (AvgIpc) is 2.83. The Balaban J connectivity index is 1.93. The Hall–Kier alpha value is -0.910. The highest BCUT2D eigenvalue weighted by molar-refractivity contribution is 7.00. The summed E-state index contributed by atoms with van der Waals surface area (Å²) in [5.74, 6) is 0. The first-order valence-corrected chi connectivity index (χ1v) is 7.22. The monoisotopic (exact) mass is 283 g/mol. The van der Waals surface area contributed by atoms with Crippen LogP contribution in [0.3, 0.4) is 0 Å². The predicted molar refractivity (Wildman–Crippen MR) is 74.3 cm³/mol. The molecule has 0 aliphatic heterocycles. The number of anilines is 1. The van der Waals surface area contributed by atoms with Gasteiger partial charge in [-0.05, 0) is 25.0 Å². The van der Waals surface area contributed by atoms with Gasteiger partial charge in [0.25, 0.3) is 0 Å². The summed E-state index contributed by atoms with van der Waals surface area (Å²) < 4.78 is 8.47. The van der Waals surface area contributed by atoms with E-state index >= 15 is 0 Å². The largest absolute Gasteiger partial charge is 0.391 e. The summed E-state index contributed by atoms with van der Waals surface area (Å²) in [6.07, 6.45) is 3.73. The summed E-state index contributed by atoms with van der Waals surface area (Å²) >= 11 is 7.40. The molecule has 1 saturated carbocycles. The van der Waals surface area contributed by atoms with E-state index in [-0.39, 0.29) is 12.1 Å². The van der Waals surface area contributed by atoms with Gasteiger partial charge in [0, 0.05) is 0 Å². The van der Waals surface area contributed by atoms with Gasteiger partial charge in [0.15, 0.2) is 0 Å². The minimum absolute atomic E-state index is 0.0588. The molecule has 0 radical (unpaired) electrons. The van der Waals surface area contributed by atoms with Crippen LogP contribution in [-0.4, -0.2) is 26.0 Å². The van der Waals surface area contributed by atoms with Crippen LogP contribution in [0, 0.1) is 0 Å². The average molecular weight is 284 g/mol. The molecule has 0 bridgehead atoms. The fraction of sp³-hybridized carbons (Fsp3) is 0.500. The van der Waals surface area contributed by atoms with Gasteiger partial charge >= 0.3 is 0 Å². The van der Waals surface area contributed by atoms with Crippen molar-refractivity contribution in [3.8, 4) is 0 Å². The second-order valence-corrected chi connectivity index (χ2v) is 5.59. The van der Waals surface area contributed by atoms with Crippen LogP contribution >= 0.6 is 23.3 Å². The third-order valence-corrected chi connectivity index (χ3v) is 4.29. The second kappa shape index (κ2) is 4.99. The number of benzene rings is 1. The molecule has 0 amide bonds. The van der Waals surface area contributed by atoms with Gasteiger partial charge in [-0.2, -0.15) is 8.75 Å². The third kappa shape index (κ3) is 2.18. The molecule has 1 fully saturated rings. The van der Waals surface area contributed by atoms with Crippen molar-refractivity contribution in [2.45, 2.75) is 37.8 Å². The zero-order chi connectivity index (χ0) is 12.5. The number of aliphatic hydroxyl groups excluding tert-OH is 1. The van der Waals surface area contributed by atoms with Crippen molar-refractivity contribution in [2.24, 2.45) is 0 Å². The summed E-state index contributed by atoms with van der Waals surface area (Å²) in [6.45, 7) is 0. The molecule has 0 saturated heterocycles. The van der Waals surface area contributed by atoms with Gasteiger partial charge in [-0.3, -0.25) is 0 Å². The number of halogens is 1. The first-order valence-electron chi connectivity index (χ1n) is 6.11. The molecule has 6 heteroatoms. The van der Waals surface area contributed by atoms with Crippen molar-refractivity contribution in [3.05, 3.63) is 17.2 Å². The third-order valence-electron chi connectivity index (χ3n) is 3.44. The Morgan fingerprint density at radius 2 is 2.11 bits per heavy atom. The van der Waals surface area contributed by atoms with Crippen LogP contribution in [0.2, 0.25) is 5.02 Å². The predicted octanol–water partition coefficient (Wildman–Crippen LogP) is 3.06. The number of rotatable bonds is 2. The summed E-state index contributed by atoms with van der Waals surface area (Å²) in [5.41, 5.74) is 2.44. The zero-order valence-electron chi connectivity index (χ0n) is 9.77. The summed E-state index contributed by atoms with van der Waals surface area (Å²) in [7, 11) is 0. The SMILES string of the molecule is O[C@H]1CCCC[C@@H]1Nc1c(Cl)ccc2nsnc12. The lowest BCUT2D eigenvalue weighted by molar-refractivity contribution is 0.116. The van der Waals surface area contributed by atoms with Crippen LogP contribution in [-0.2, 0) is 0 Å². The number of aliphatic hydroxyl groups is 1. The van der Waals surface area contributed by atoms with Crippen LogP contribution in [0.5, 0.6) is 0 Å². The van der Waals surface area contributed by atoms with E-state index in [1.165, 1.54) is 11.7 Å². The summed E-state index contributed by atoms with van der Waals surface area (Å²) in [5, 5.41) is 14.0. The number of hydrogen-bond acceptors (Lipinski definition) is 5. The van der Waals surface area contributed by atoms with Gasteiger partial charge in [-0.25, -0.2) is 0 Å². The van der Waals surface area contributed by atoms with E-state index in [0.29, 0.717) is 5.02 Å². The maximum atomic E-state index is 10.0. The highest BCUT2D eigenvalue weighted by Crippen LogP contribution is 2.32. The molecule has 18 heavy (non-hydrogen) atoms. The highest BCUT2D eigenvalue weighted by atomic mass is 35.5. The number of fused-ring (bicyclic) bond motifs is 1. The van der Waals surface area contributed by atoms with E-state index in [9.17, 15) is 5.11 Å². The zero-order valence-corrected chi connectivity index (χ0v) is 11.3. The topological polar surface area (TPSA) is 58.0 Å². The van der Waals surface area contributed by atoms with E-state index < -0.39 is 0 Å². The summed E-state index contributed by atoms with van der Waals surface area (Å²) in [6, 6.07) is 3.75. The smallest absolute Gasteiger partial charge is 0.129 e. The molecular formula is C12H14ClN3OS. The van der Waals surface area contributed by atoms with Crippen molar-refractivity contribution in [2.75, 3.05) is 5.32 Å². The van der Waals surface area contributed by atoms with E-state index in [1.807, 2.05) is 12.1 Å². The van der Waals surface area contributed by atoms with Crippen LogP contribution in [0.15, 0.2) is 12.1 Å². The van der Waals surface area contributed by atoms with Crippen molar-refractivity contribution in [3.63, 3.8) is 0 Å². The van der Waals surface area contributed by atoms with E-state index in [1.54, 1.807) is 0 Å². The quantitative estimate of drug-likeness (QED) is 0.889. The fourth-order valence-corrected chi connectivity index (χ4v) is 3.18. The molecule has 0 unspecified atom stereocenters. The Morgan fingerprint density at radius 3 is 2.94 bits per heavy atom. The maximum absolute atomic E-state index is 10.0. The lowest BCUT2D eigenvalue weighted by Crippen LogP contribution is -2.36. The minimum Gasteiger partial charge on any atom is -0.391 e.